The molecule has 1 fully saturated rings. The van der Waals surface area contributed by atoms with E-state index in [0.717, 1.165) is 31.9 Å². The maximum absolute atomic E-state index is 5.16. The number of nitrogens with one attached hydrogen (secondary N) is 1. The molecule has 0 spiro atoms. The van der Waals surface area contributed by atoms with Gasteiger partial charge in [0.2, 0.25) is 0 Å². The summed E-state index contributed by atoms with van der Waals surface area (Å²) in [6, 6.07) is 8.97. The molecule has 0 aromatic heterocycles. The van der Waals surface area contributed by atoms with Crippen LogP contribution in [0.3, 0.4) is 0 Å². The molecular formula is C13H20N2O. The Bertz CT molecular complexity index is 323. The van der Waals surface area contributed by atoms with Crippen LogP contribution in [0.5, 0.6) is 5.75 Å². The Morgan fingerprint density at radius 1 is 1.38 bits per heavy atom. The maximum Gasteiger partial charge on any atom is 0.118 e. The third-order valence-corrected chi connectivity index (χ3v) is 3.18. The molecular weight excluding hydrogens is 200 g/mol. The number of rotatable bonds is 3. The van der Waals surface area contributed by atoms with E-state index in [-0.39, 0.29) is 0 Å². The van der Waals surface area contributed by atoms with Crippen molar-refractivity contribution in [3.05, 3.63) is 29.8 Å². The number of ether oxygens (including phenoxy) is 1. The van der Waals surface area contributed by atoms with Gasteiger partial charge in [-0.2, -0.15) is 0 Å². The third-order valence-electron chi connectivity index (χ3n) is 3.18. The zero-order valence-electron chi connectivity index (χ0n) is 10.1. The van der Waals surface area contributed by atoms with Crippen molar-refractivity contribution in [1.29, 1.82) is 0 Å². The highest BCUT2D eigenvalue weighted by molar-refractivity contribution is 5.27. The van der Waals surface area contributed by atoms with Gasteiger partial charge in [0.15, 0.2) is 0 Å². The van der Waals surface area contributed by atoms with Gasteiger partial charge in [0.25, 0.3) is 0 Å². The van der Waals surface area contributed by atoms with Crippen LogP contribution < -0.4 is 10.1 Å². The highest BCUT2D eigenvalue weighted by Gasteiger charge is 2.17. The van der Waals surface area contributed by atoms with Gasteiger partial charge in [-0.15, -0.1) is 0 Å². The van der Waals surface area contributed by atoms with E-state index in [1.54, 1.807) is 7.11 Å². The molecule has 2 rings (SSSR count). The van der Waals surface area contributed by atoms with Gasteiger partial charge in [-0.05, 0) is 24.6 Å². The molecule has 0 unspecified atom stereocenters. The Balaban J connectivity index is 1.96. The summed E-state index contributed by atoms with van der Waals surface area (Å²) in [5, 5.41) is 3.41. The lowest BCUT2D eigenvalue weighted by molar-refractivity contribution is 0.165. The van der Waals surface area contributed by atoms with Gasteiger partial charge in [-0.3, -0.25) is 4.90 Å². The molecule has 1 atom stereocenters. The molecule has 1 aliphatic heterocycles. The second-order valence-corrected chi connectivity index (χ2v) is 4.37. The lowest BCUT2D eigenvalue weighted by Crippen LogP contribution is -2.49. The van der Waals surface area contributed by atoms with Crippen molar-refractivity contribution in [2.45, 2.75) is 19.5 Å². The molecule has 1 saturated heterocycles. The Kier molecular flexibility index (Phi) is 3.80. The van der Waals surface area contributed by atoms with Crippen LogP contribution >= 0.6 is 0 Å². The van der Waals surface area contributed by atoms with Crippen LogP contribution in [-0.2, 0) is 6.54 Å². The summed E-state index contributed by atoms with van der Waals surface area (Å²) in [6.07, 6.45) is 0. The number of methoxy groups -OCH3 is 1. The number of benzene rings is 1. The van der Waals surface area contributed by atoms with Crippen molar-refractivity contribution in [3.63, 3.8) is 0 Å². The van der Waals surface area contributed by atoms with Gasteiger partial charge in [0.05, 0.1) is 7.11 Å². The van der Waals surface area contributed by atoms with Crippen molar-refractivity contribution >= 4 is 0 Å². The molecule has 0 saturated carbocycles. The van der Waals surface area contributed by atoms with E-state index in [1.807, 2.05) is 12.1 Å². The normalized spacial score (nSPS) is 22.0. The second kappa shape index (κ2) is 5.32. The maximum atomic E-state index is 5.16. The van der Waals surface area contributed by atoms with Crippen LogP contribution in [0.25, 0.3) is 0 Å². The lowest BCUT2D eigenvalue weighted by atomic mass is 10.1. The van der Waals surface area contributed by atoms with E-state index in [9.17, 15) is 0 Å². The van der Waals surface area contributed by atoms with Gasteiger partial charge in [-0.1, -0.05) is 12.1 Å². The van der Waals surface area contributed by atoms with Crippen molar-refractivity contribution in [3.8, 4) is 5.75 Å². The molecule has 3 nitrogen and oxygen atoms in total. The first-order chi connectivity index (χ1) is 7.79. The number of hydrogen-bond acceptors (Lipinski definition) is 3. The molecule has 0 bridgehead atoms. The molecule has 1 aromatic carbocycles. The number of hydrogen-bond donors (Lipinski definition) is 1. The summed E-state index contributed by atoms with van der Waals surface area (Å²) in [5.41, 5.74) is 1.36. The van der Waals surface area contributed by atoms with Crippen molar-refractivity contribution in [1.82, 2.24) is 10.2 Å². The first-order valence-corrected chi connectivity index (χ1v) is 5.87. The Labute approximate surface area is 97.4 Å². The summed E-state index contributed by atoms with van der Waals surface area (Å²) in [6.45, 7) is 6.63. The third kappa shape index (κ3) is 2.74. The molecule has 16 heavy (non-hydrogen) atoms. The summed E-state index contributed by atoms with van der Waals surface area (Å²) < 4.78 is 5.16. The van der Waals surface area contributed by atoms with Gasteiger partial charge in [-0.25, -0.2) is 0 Å². The number of piperazine rings is 1. The minimum Gasteiger partial charge on any atom is -0.497 e. The summed E-state index contributed by atoms with van der Waals surface area (Å²) in [5.74, 6) is 0.928. The Morgan fingerprint density at radius 3 is 2.75 bits per heavy atom. The highest BCUT2D eigenvalue weighted by atomic mass is 16.5. The van der Waals surface area contributed by atoms with E-state index < -0.39 is 0 Å². The van der Waals surface area contributed by atoms with Gasteiger partial charge in [0, 0.05) is 32.2 Å². The van der Waals surface area contributed by atoms with E-state index in [2.05, 4.69) is 29.3 Å². The van der Waals surface area contributed by atoms with Crippen LogP contribution in [-0.4, -0.2) is 37.7 Å². The van der Waals surface area contributed by atoms with Crippen LogP contribution in [0.1, 0.15) is 12.5 Å². The lowest BCUT2D eigenvalue weighted by Gasteiger charge is -2.33. The molecule has 0 amide bonds. The molecule has 1 aromatic rings. The Morgan fingerprint density at radius 2 is 2.12 bits per heavy atom. The predicted molar refractivity (Wildman–Crippen MR) is 65.7 cm³/mol. The van der Waals surface area contributed by atoms with Crippen LogP contribution in [0.15, 0.2) is 24.3 Å². The minimum atomic E-state index is 0.621. The zero-order valence-corrected chi connectivity index (χ0v) is 10.1. The quantitative estimate of drug-likeness (QED) is 0.835. The standard InChI is InChI=1S/C13H20N2O/c1-11-9-14-7-8-15(11)10-12-3-5-13(16-2)6-4-12/h3-6,11,14H,7-10H2,1-2H3/t11-/m0/s1. The molecule has 0 radical (unpaired) electrons. The molecule has 1 aliphatic rings. The largest absolute Gasteiger partial charge is 0.497 e. The first kappa shape index (κ1) is 11.4. The van der Waals surface area contributed by atoms with E-state index >= 15 is 0 Å². The van der Waals surface area contributed by atoms with E-state index in [1.165, 1.54) is 5.56 Å². The summed E-state index contributed by atoms with van der Waals surface area (Å²) >= 11 is 0. The molecule has 0 aliphatic carbocycles. The Hall–Kier alpha value is -1.06. The number of nitrogens with zero attached hydrogens (tertiary/aromatic N) is 1. The predicted octanol–water partition coefficient (Wildman–Crippen LogP) is 1.49. The minimum absolute atomic E-state index is 0.621. The van der Waals surface area contributed by atoms with Crippen LogP contribution in [0.4, 0.5) is 0 Å². The van der Waals surface area contributed by atoms with Crippen LogP contribution in [0, 0.1) is 0 Å². The van der Waals surface area contributed by atoms with Crippen molar-refractivity contribution < 1.29 is 4.74 Å². The van der Waals surface area contributed by atoms with Gasteiger partial charge >= 0.3 is 0 Å². The molecule has 1 N–H and O–H groups in total. The average Bonchev–Trinajstić information content (AvgIpc) is 2.33. The highest BCUT2D eigenvalue weighted by Crippen LogP contribution is 2.14. The van der Waals surface area contributed by atoms with Gasteiger partial charge < -0.3 is 10.1 Å². The fourth-order valence-corrected chi connectivity index (χ4v) is 2.08. The molecule has 1 heterocycles. The first-order valence-electron chi connectivity index (χ1n) is 5.87. The second-order valence-electron chi connectivity index (χ2n) is 4.37. The fourth-order valence-electron chi connectivity index (χ4n) is 2.08. The zero-order chi connectivity index (χ0) is 11.4. The molecule has 88 valence electrons. The monoisotopic (exact) mass is 220 g/mol. The van der Waals surface area contributed by atoms with Crippen LogP contribution in [0.2, 0.25) is 0 Å². The van der Waals surface area contributed by atoms with Crippen molar-refractivity contribution in [2.24, 2.45) is 0 Å². The topological polar surface area (TPSA) is 24.5 Å². The summed E-state index contributed by atoms with van der Waals surface area (Å²) in [7, 11) is 1.70. The van der Waals surface area contributed by atoms with E-state index in [0.29, 0.717) is 6.04 Å². The average molecular weight is 220 g/mol. The smallest absolute Gasteiger partial charge is 0.118 e. The van der Waals surface area contributed by atoms with Crippen molar-refractivity contribution in [2.75, 3.05) is 26.7 Å². The van der Waals surface area contributed by atoms with Gasteiger partial charge in [0.1, 0.15) is 5.75 Å². The fraction of sp³-hybridized carbons (Fsp3) is 0.538. The SMILES string of the molecule is COc1ccc(CN2CCNC[C@@H]2C)cc1. The molecule has 3 heteroatoms. The van der Waals surface area contributed by atoms with E-state index in [4.69, 9.17) is 4.74 Å². The summed E-state index contributed by atoms with van der Waals surface area (Å²) in [4.78, 5) is 2.51.